The normalized spacial score (nSPS) is 10.8. The maximum Gasteiger partial charge on any atom is 0.263 e. The number of hydrogen-bond donors (Lipinski definition) is 3. The zero-order valence-electron chi connectivity index (χ0n) is 11.5. The number of ether oxygens (including phenoxy) is 1. The summed E-state index contributed by atoms with van der Waals surface area (Å²) in [6.07, 6.45) is 1.88. The minimum Gasteiger partial charge on any atom is -0.506 e. The number of benzene rings is 1. The van der Waals surface area contributed by atoms with Gasteiger partial charge in [-0.05, 0) is 24.6 Å². The summed E-state index contributed by atoms with van der Waals surface area (Å²) in [5.41, 5.74) is 0.203. The molecule has 7 heteroatoms. The van der Waals surface area contributed by atoms with Crippen LogP contribution in [0, 0.1) is 11.3 Å². The summed E-state index contributed by atoms with van der Waals surface area (Å²) in [5, 5.41) is 24.3. The van der Waals surface area contributed by atoms with Gasteiger partial charge in [-0.1, -0.05) is 11.6 Å². The number of carbonyl (C=O) groups is 1. The van der Waals surface area contributed by atoms with Crippen LogP contribution in [-0.2, 0) is 9.53 Å². The van der Waals surface area contributed by atoms with E-state index in [2.05, 4.69) is 10.6 Å². The van der Waals surface area contributed by atoms with Gasteiger partial charge in [-0.3, -0.25) is 4.79 Å². The molecule has 0 aromatic heterocycles. The van der Waals surface area contributed by atoms with Crippen molar-refractivity contribution in [3.8, 4) is 11.8 Å². The van der Waals surface area contributed by atoms with Crippen molar-refractivity contribution in [3.05, 3.63) is 35.0 Å². The molecule has 1 aromatic rings. The topological polar surface area (TPSA) is 94.4 Å². The smallest absolute Gasteiger partial charge is 0.263 e. The van der Waals surface area contributed by atoms with Crippen LogP contribution in [0.2, 0.25) is 5.02 Å². The van der Waals surface area contributed by atoms with Gasteiger partial charge in [0, 0.05) is 31.5 Å². The Bertz CT molecular complexity index is 567. The highest BCUT2D eigenvalue weighted by Gasteiger charge is 2.08. The van der Waals surface area contributed by atoms with Gasteiger partial charge in [0.25, 0.3) is 5.91 Å². The van der Waals surface area contributed by atoms with E-state index >= 15 is 0 Å². The van der Waals surface area contributed by atoms with Crippen molar-refractivity contribution in [3.63, 3.8) is 0 Å². The number of carbonyl (C=O) groups excluding carboxylic acids is 1. The molecule has 0 saturated carbocycles. The third-order valence-electron chi connectivity index (χ3n) is 2.51. The van der Waals surface area contributed by atoms with E-state index in [1.54, 1.807) is 13.2 Å². The molecule has 1 rings (SSSR count). The van der Waals surface area contributed by atoms with Crippen molar-refractivity contribution in [2.45, 2.75) is 6.42 Å². The van der Waals surface area contributed by atoms with Crippen LogP contribution in [0.3, 0.4) is 0 Å². The molecule has 1 amide bonds. The molecule has 0 aliphatic heterocycles. The van der Waals surface area contributed by atoms with Crippen LogP contribution in [0.1, 0.15) is 6.42 Å². The number of methoxy groups -OCH3 is 1. The Morgan fingerprint density at radius 1 is 1.57 bits per heavy atom. The molecule has 0 heterocycles. The monoisotopic (exact) mass is 309 g/mol. The Morgan fingerprint density at radius 2 is 2.33 bits per heavy atom. The summed E-state index contributed by atoms with van der Waals surface area (Å²) in [4.78, 5) is 11.7. The lowest BCUT2D eigenvalue weighted by atomic mass is 10.2. The maximum absolute atomic E-state index is 11.7. The lowest BCUT2D eigenvalue weighted by molar-refractivity contribution is -0.117. The highest BCUT2D eigenvalue weighted by molar-refractivity contribution is 6.30. The van der Waals surface area contributed by atoms with Gasteiger partial charge >= 0.3 is 0 Å². The van der Waals surface area contributed by atoms with Gasteiger partial charge in [0.15, 0.2) is 0 Å². The lowest BCUT2D eigenvalue weighted by Crippen LogP contribution is -2.26. The number of hydrogen-bond acceptors (Lipinski definition) is 5. The van der Waals surface area contributed by atoms with Crippen LogP contribution in [0.5, 0.6) is 5.75 Å². The van der Waals surface area contributed by atoms with E-state index in [0.29, 0.717) is 30.3 Å². The summed E-state index contributed by atoms with van der Waals surface area (Å²) >= 11 is 5.80. The number of anilines is 1. The second-order valence-corrected chi connectivity index (χ2v) is 4.51. The molecule has 0 aliphatic carbocycles. The predicted molar refractivity (Wildman–Crippen MR) is 79.9 cm³/mol. The van der Waals surface area contributed by atoms with Gasteiger partial charge < -0.3 is 20.5 Å². The average Bonchev–Trinajstić information content (AvgIpc) is 2.47. The minimum atomic E-state index is -0.498. The molecule has 0 spiro atoms. The van der Waals surface area contributed by atoms with Gasteiger partial charge in [0.2, 0.25) is 0 Å². The number of aromatic hydroxyl groups is 1. The standard InChI is InChI=1S/C14H16ClN3O3/c1-21-6-2-5-17-14(20)10(8-16)9-18-12-7-11(15)3-4-13(12)19/h3-4,7,9,18-19H,2,5-6H2,1H3,(H,17,20)/b10-9-. The van der Waals surface area contributed by atoms with Gasteiger partial charge in [0.1, 0.15) is 17.4 Å². The first kappa shape index (κ1) is 16.8. The van der Waals surface area contributed by atoms with Gasteiger partial charge in [0.05, 0.1) is 5.69 Å². The first-order valence-electron chi connectivity index (χ1n) is 6.21. The number of phenolic OH excluding ortho intramolecular Hbond substituents is 1. The number of halogens is 1. The predicted octanol–water partition coefficient (Wildman–Crippen LogP) is 2.02. The number of rotatable bonds is 7. The number of nitrogens with zero attached hydrogens (tertiary/aromatic N) is 1. The van der Waals surface area contributed by atoms with Crippen molar-refractivity contribution in [2.75, 3.05) is 25.6 Å². The minimum absolute atomic E-state index is 0.0338. The molecular formula is C14H16ClN3O3. The van der Waals surface area contributed by atoms with Crippen LogP contribution >= 0.6 is 11.6 Å². The SMILES string of the molecule is COCCCNC(=O)/C(C#N)=C\Nc1cc(Cl)ccc1O. The summed E-state index contributed by atoms with van der Waals surface area (Å²) in [6, 6.07) is 6.21. The maximum atomic E-state index is 11.7. The molecule has 3 N–H and O–H groups in total. The Morgan fingerprint density at radius 3 is 3.00 bits per heavy atom. The lowest BCUT2D eigenvalue weighted by Gasteiger charge is -2.06. The molecule has 6 nitrogen and oxygen atoms in total. The highest BCUT2D eigenvalue weighted by Crippen LogP contribution is 2.26. The van der Waals surface area contributed by atoms with E-state index in [1.165, 1.54) is 24.4 Å². The Kier molecular flexibility index (Phi) is 7.09. The van der Waals surface area contributed by atoms with Gasteiger partial charge in [-0.15, -0.1) is 0 Å². The second kappa shape index (κ2) is 8.84. The first-order valence-corrected chi connectivity index (χ1v) is 6.58. The molecule has 112 valence electrons. The van der Waals surface area contributed by atoms with E-state index in [9.17, 15) is 9.90 Å². The zero-order valence-corrected chi connectivity index (χ0v) is 12.3. The quantitative estimate of drug-likeness (QED) is 0.310. The zero-order chi connectivity index (χ0) is 15.7. The molecule has 1 aromatic carbocycles. The Labute approximate surface area is 128 Å². The summed E-state index contributed by atoms with van der Waals surface area (Å²) in [5.74, 6) is -0.531. The number of nitriles is 1. The fourth-order valence-corrected chi connectivity index (χ4v) is 1.61. The van der Waals surface area contributed by atoms with E-state index in [1.807, 2.05) is 0 Å². The van der Waals surface area contributed by atoms with Crippen molar-refractivity contribution in [1.82, 2.24) is 5.32 Å². The Hall–Kier alpha value is -2.23. The van der Waals surface area contributed by atoms with Crippen LogP contribution in [0.15, 0.2) is 30.0 Å². The fourth-order valence-electron chi connectivity index (χ4n) is 1.44. The third-order valence-corrected chi connectivity index (χ3v) is 2.74. The summed E-state index contributed by atoms with van der Waals surface area (Å²) < 4.78 is 4.86. The molecule has 0 fully saturated rings. The highest BCUT2D eigenvalue weighted by atomic mass is 35.5. The van der Waals surface area contributed by atoms with Crippen molar-refractivity contribution in [1.29, 1.82) is 5.26 Å². The third kappa shape index (κ3) is 5.73. The molecule has 0 bridgehead atoms. The summed E-state index contributed by atoms with van der Waals surface area (Å²) in [7, 11) is 1.57. The van der Waals surface area contributed by atoms with Crippen molar-refractivity contribution in [2.24, 2.45) is 0 Å². The van der Waals surface area contributed by atoms with Crippen LogP contribution < -0.4 is 10.6 Å². The van der Waals surface area contributed by atoms with Crippen molar-refractivity contribution < 1.29 is 14.6 Å². The van der Waals surface area contributed by atoms with Gasteiger partial charge in [-0.25, -0.2) is 0 Å². The molecule has 0 radical (unpaired) electrons. The largest absolute Gasteiger partial charge is 0.506 e. The number of amides is 1. The van der Waals surface area contributed by atoms with E-state index < -0.39 is 5.91 Å². The molecule has 0 saturated heterocycles. The van der Waals surface area contributed by atoms with Crippen LogP contribution in [0.25, 0.3) is 0 Å². The summed E-state index contributed by atoms with van der Waals surface area (Å²) in [6.45, 7) is 0.939. The molecule has 0 aliphatic rings. The van der Waals surface area contributed by atoms with E-state index in [0.717, 1.165) is 0 Å². The molecular weight excluding hydrogens is 294 g/mol. The van der Waals surface area contributed by atoms with E-state index in [4.69, 9.17) is 21.6 Å². The molecule has 0 unspecified atom stereocenters. The van der Waals surface area contributed by atoms with Crippen molar-refractivity contribution >= 4 is 23.2 Å². The Balaban J connectivity index is 2.65. The van der Waals surface area contributed by atoms with Crippen LogP contribution in [0.4, 0.5) is 5.69 Å². The fraction of sp³-hybridized carbons (Fsp3) is 0.286. The van der Waals surface area contributed by atoms with Crippen LogP contribution in [-0.4, -0.2) is 31.3 Å². The molecule has 0 atom stereocenters. The van der Waals surface area contributed by atoms with E-state index in [-0.39, 0.29) is 11.3 Å². The van der Waals surface area contributed by atoms with Gasteiger partial charge in [-0.2, -0.15) is 5.26 Å². The second-order valence-electron chi connectivity index (χ2n) is 4.08. The first-order chi connectivity index (χ1) is 10.1. The molecule has 21 heavy (non-hydrogen) atoms. The number of phenols is 1. The average molecular weight is 310 g/mol. The number of nitrogens with one attached hydrogen (secondary N) is 2.